The molecular weight excluding hydrogens is 180 g/mol. The summed E-state index contributed by atoms with van der Waals surface area (Å²) in [7, 11) is 1.27. The van der Waals surface area contributed by atoms with Crippen LogP contribution in [0.5, 0.6) is 0 Å². The molecule has 0 spiro atoms. The molecule has 0 amide bonds. The minimum atomic E-state index is -0.587. The highest BCUT2D eigenvalue weighted by molar-refractivity contribution is 6.40. The van der Waals surface area contributed by atoms with Crippen LogP contribution in [0.3, 0.4) is 0 Å². The fraction of sp³-hybridized carbons (Fsp3) is 0.600. The van der Waals surface area contributed by atoms with E-state index in [4.69, 9.17) is 5.53 Å². The maximum atomic E-state index is 11.2. The van der Waals surface area contributed by atoms with Crippen LogP contribution in [0.15, 0.2) is 11.6 Å². The Morgan fingerprint density at radius 2 is 2.29 bits per heavy atom. The predicted octanol–water partition coefficient (Wildman–Crippen LogP) is 1.58. The van der Waals surface area contributed by atoms with Crippen LogP contribution in [0.1, 0.15) is 26.7 Å². The Balaban J connectivity index is 2.86. The first-order valence-corrected chi connectivity index (χ1v) is 4.50. The molecule has 0 radical (unpaired) electrons. The van der Waals surface area contributed by atoms with E-state index < -0.39 is 5.97 Å². The molecule has 0 atom stereocenters. The van der Waals surface area contributed by atoms with Crippen molar-refractivity contribution < 1.29 is 14.3 Å². The zero-order chi connectivity index (χ0) is 10.8. The Labute approximate surface area is 83.2 Å². The number of carbonyl (C=O) groups excluding carboxylic acids is 1. The number of rotatable bonds is 2. The smallest absolute Gasteiger partial charge is 0.421 e. The summed E-state index contributed by atoms with van der Waals surface area (Å²) in [5, 5.41) is 0. The van der Waals surface area contributed by atoms with Gasteiger partial charge in [-0.2, -0.15) is 4.79 Å². The molecule has 0 heterocycles. The lowest BCUT2D eigenvalue weighted by Gasteiger charge is -2.15. The molecule has 76 valence electrons. The highest BCUT2D eigenvalue weighted by Gasteiger charge is 2.34. The van der Waals surface area contributed by atoms with Gasteiger partial charge in [0.05, 0.1) is 7.11 Å². The molecule has 1 aliphatic rings. The lowest BCUT2D eigenvalue weighted by Crippen LogP contribution is -2.20. The molecule has 4 nitrogen and oxygen atoms in total. The molecule has 0 N–H and O–H groups in total. The summed E-state index contributed by atoms with van der Waals surface area (Å²) in [6, 6.07) is 0. The van der Waals surface area contributed by atoms with Crippen molar-refractivity contribution in [3.63, 3.8) is 0 Å². The van der Waals surface area contributed by atoms with Crippen LogP contribution in [0.4, 0.5) is 0 Å². The number of ether oxygens (including phenoxy) is 1. The van der Waals surface area contributed by atoms with Crippen molar-refractivity contribution in [3.8, 4) is 0 Å². The first-order chi connectivity index (χ1) is 6.50. The molecule has 0 fully saturated rings. The summed E-state index contributed by atoms with van der Waals surface area (Å²) >= 11 is 0. The molecular formula is C10H14N2O2. The number of allylic oxidation sites excluding steroid dienone is 1. The van der Waals surface area contributed by atoms with Crippen molar-refractivity contribution in [1.29, 1.82) is 0 Å². The third kappa shape index (κ3) is 2.09. The van der Waals surface area contributed by atoms with E-state index in [2.05, 4.69) is 23.4 Å². The van der Waals surface area contributed by atoms with Crippen LogP contribution in [-0.2, 0) is 9.53 Å². The maximum Gasteiger partial charge on any atom is 0.421 e. The maximum absolute atomic E-state index is 11.2. The molecule has 0 aromatic carbocycles. The van der Waals surface area contributed by atoms with Crippen molar-refractivity contribution in [3.05, 3.63) is 17.2 Å². The minimum absolute atomic E-state index is 0.0260. The third-order valence-corrected chi connectivity index (χ3v) is 2.35. The summed E-state index contributed by atoms with van der Waals surface area (Å²) in [5.74, 6) is -0.587. The monoisotopic (exact) mass is 194 g/mol. The van der Waals surface area contributed by atoms with E-state index >= 15 is 0 Å². The lowest BCUT2D eigenvalue weighted by molar-refractivity contribution is -0.137. The topological polar surface area (TPSA) is 62.7 Å². The number of nitrogens with zero attached hydrogens (tertiary/aromatic N) is 2. The van der Waals surface area contributed by atoms with Crippen molar-refractivity contribution in [2.75, 3.05) is 7.11 Å². The highest BCUT2D eigenvalue weighted by Crippen LogP contribution is 2.36. The van der Waals surface area contributed by atoms with Crippen LogP contribution in [0, 0.1) is 5.41 Å². The molecule has 14 heavy (non-hydrogen) atoms. The highest BCUT2D eigenvalue weighted by atomic mass is 16.5. The zero-order valence-corrected chi connectivity index (χ0v) is 8.70. The van der Waals surface area contributed by atoms with Gasteiger partial charge in [-0.3, -0.25) is 0 Å². The normalized spacial score (nSPS) is 18.4. The predicted molar refractivity (Wildman–Crippen MR) is 51.7 cm³/mol. The molecule has 0 aromatic rings. The Morgan fingerprint density at radius 1 is 1.64 bits per heavy atom. The Kier molecular flexibility index (Phi) is 2.87. The van der Waals surface area contributed by atoms with Crippen LogP contribution >= 0.6 is 0 Å². The van der Waals surface area contributed by atoms with Gasteiger partial charge in [0.2, 0.25) is 0 Å². The van der Waals surface area contributed by atoms with Gasteiger partial charge in [-0.15, -0.1) is 0 Å². The molecule has 0 aliphatic heterocycles. The summed E-state index contributed by atoms with van der Waals surface area (Å²) in [4.78, 5) is 14.2. The summed E-state index contributed by atoms with van der Waals surface area (Å²) < 4.78 is 4.51. The number of hydrogen-bond donors (Lipinski definition) is 0. The molecule has 0 saturated heterocycles. The second-order valence-corrected chi connectivity index (χ2v) is 4.21. The first kappa shape index (κ1) is 10.7. The van der Waals surface area contributed by atoms with E-state index in [1.807, 2.05) is 6.08 Å². The molecule has 0 saturated carbocycles. The fourth-order valence-electron chi connectivity index (χ4n) is 1.57. The van der Waals surface area contributed by atoms with Gasteiger partial charge in [0.1, 0.15) is 0 Å². The Hall–Kier alpha value is -1.41. The zero-order valence-electron chi connectivity index (χ0n) is 8.70. The number of carbonyl (C=O) groups is 1. The quantitative estimate of drug-likeness (QED) is 0.290. The van der Waals surface area contributed by atoms with E-state index in [-0.39, 0.29) is 11.1 Å². The Morgan fingerprint density at radius 3 is 2.64 bits per heavy atom. The van der Waals surface area contributed by atoms with Crippen LogP contribution in [0.25, 0.3) is 5.53 Å². The van der Waals surface area contributed by atoms with E-state index in [0.717, 1.165) is 18.4 Å². The van der Waals surface area contributed by atoms with Gasteiger partial charge < -0.3 is 10.3 Å². The summed E-state index contributed by atoms with van der Waals surface area (Å²) in [6.07, 6.45) is 3.55. The number of esters is 1. The van der Waals surface area contributed by atoms with Crippen molar-refractivity contribution >= 4 is 11.7 Å². The standard InChI is InChI=1S/C10H14N2O2/c1-10(2)5-4-7(6-10)8(12-11)9(13)14-3/h4H,5-6H2,1-3H3. The van der Waals surface area contributed by atoms with Gasteiger partial charge in [-0.05, 0) is 18.3 Å². The van der Waals surface area contributed by atoms with E-state index in [1.165, 1.54) is 7.11 Å². The number of hydrogen-bond acceptors (Lipinski definition) is 2. The van der Waals surface area contributed by atoms with Crippen LogP contribution in [-0.4, -0.2) is 23.6 Å². The third-order valence-electron chi connectivity index (χ3n) is 2.35. The molecule has 1 rings (SSSR count). The largest absolute Gasteiger partial charge is 0.460 e. The fourth-order valence-corrected chi connectivity index (χ4v) is 1.57. The summed E-state index contributed by atoms with van der Waals surface area (Å²) in [5.41, 5.74) is 9.64. The van der Waals surface area contributed by atoms with E-state index in [1.54, 1.807) is 0 Å². The van der Waals surface area contributed by atoms with Gasteiger partial charge in [-0.25, -0.2) is 4.79 Å². The summed E-state index contributed by atoms with van der Waals surface area (Å²) in [6.45, 7) is 4.20. The van der Waals surface area contributed by atoms with Crippen molar-refractivity contribution in [2.45, 2.75) is 26.7 Å². The first-order valence-electron chi connectivity index (χ1n) is 4.50. The second kappa shape index (κ2) is 3.76. The Bertz CT molecular complexity index is 336. The van der Waals surface area contributed by atoms with Gasteiger partial charge in [0, 0.05) is 5.57 Å². The molecule has 0 unspecified atom stereocenters. The SMILES string of the molecule is COC(=O)C(=[N+]=[N-])C1=CCC(C)(C)C1. The molecule has 0 bridgehead atoms. The number of methoxy groups -OCH3 is 1. The second-order valence-electron chi connectivity index (χ2n) is 4.21. The average molecular weight is 194 g/mol. The van der Waals surface area contributed by atoms with Crippen molar-refractivity contribution in [2.24, 2.45) is 5.41 Å². The minimum Gasteiger partial charge on any atom is -0.460 e. The van der Waals surface area contributed by atoms with Gasteiger partial charge in [0.15, 0.2) is 0 Å². The molecule has 1 aliphatic carbocycles. The van der Waals surface area contributed by atoms with Crippen LogP contribution in [0.2, 0.25) is 0 Å². The van der Waals surface area contributed by atoms with Crippen LogP contribution < -0.4 is 0 Å². The molecule has 4 heteroatoms. The lowest BCUT2D eigenvalue weighted by atomic mass is 9.89. The van der Waals surface area contributed by atoms with Crippen molar-refractivity contribution in [1.82, 2.24) is 0 Å². The average Bonchev–Trinajstić information content (AvgIpc) is 2.47. The van der Waals surface area contributed by atoms with Gasteiger partial charge >= 0.3 is 11.7 Å². The van der Waals surface area contributed by atoms with E-state index in [9.17, 15) is 4.79 Å². The van der Waals surface area contributed by atoms with Gasteiger partial charge in [0.25, 0.3) is 0 Å². The van der Waals surface area contributed by atoms with Gasteiger partial charge in [-0.1, -0.05) is 19.9 Å². The molecule has 0 aromatic heterocycles. The van der Waals surface area contributed by atoms with E-state index in [0.29, 0.717) is 0 Å².